The molecule has 8 heteroatoms. The molecule has 1 aliphatic heterocycles. The van der Waals surface area contributed by atoms with Gasteiger partial charge in [0, 0.05) is 26.2 Å². The van der Waals surface area contributed by atoms with Crippen LogP contribution in [0.2, 0.25) is 0 Å². The highest BCUT2D eigenvalue weighted by molar-refractivity contribution is 7.98. The highest BCUT2D eigenvalue weighted by Crippen LogP contribution is 2.17. The SMILES string of the molecule is CSCC[C@H](N)C(=O)N1CCCN(CC(F)(F)F)CC1. The lowest BCUT2D eigenvalue weighted by molar-refractivity contribution is -0.145. The van der Waals surface area contributed by atoms with Crippen molar-refractivity contribution < 1.29 is 18.0 Å². The summed E-state index contributed by atoms with van der Waals surface area (Å²) in [6.45, 7) is 0.513. The van der Waals surface area contributed by atoms with E-state index < -0.39 is 18.8 Å². The van der Waals surface area contributed by atoms with E-state index in [1.165, 1.54) is 4.90 Å². The van der Waals surface area contributed by atoms with Crippen LogP contribution in [-0.2, 0) is 4.79 Å². The molecule has 1 amide bonds. The molecule has 4 nitrogen and oxygen atoms in total. The van der Waals surface area contributed by atoms with Crippen LogP contribution in [0.5, 0.6) is 0 Å². The van der Waals surface area contributed by atoms with Gasteiger partial charge in [0.1, 0.15) is 0 Å². The number of hydrogen-bond donors (Lipinski definition) is 1. The second kappa shape index (κ2) is 8.09. The average Bonchev–Trinajstić information content (AvgIpc) is 2.58. The maximum atomic E-state index is 12.4. The molecule has 0 aromatic heterocycles. The Labute approximate surface area is 121 Å². The molecule has 0 bridgehead atoms. The van der Waals surface area contributed by atoms with E-state index >= 15 is 0 Å². The number of alkyl halides is 3. The van der Waals surface area contributed by atoms with Gasteiger partial charge in [-0.25, -0.2) is 0 Å². The standard InChI is InChI=1S/C12H22F3N3OS/c1-20-8-3-10(16)11(19)18-5-2-4-17(6-7-18)9-12(13,14)15/h10H,2-9,16H2,1H3/t10-/m0/s1. The van der Waals surface area contributed by atoms with E-state index in [1.54, 1.807) is 16.7 Å². The molecule has 0 saturated carbocycles. The minimum absolute atomic E-state index is 0.145. The Bertz CT molecular complexity index is 315. The largest absolute Gasteiger partial charge is 0.401 e. The number of nitrogens with two attached hydrogens (primary N) is 1. The Morgan fingerprint density at radius 1 is 1.30 bits per heavy atom. The molecule has 118 valence electrons. The number of halogens is 3. The fourth-order valence-electron chi connectivity index (χ4n) is 2.21. The first-order valence-corrected chi connectivity index (χ1v) is 8.05. The summed E-state index contributed by atoms with van der Waals surface area (Å²) in [5, 5.41) is 0. The minimum Gasteiger partial charge on any atom is -0.340 e. The van der Waals surface area contributed by atoms with Crippen molar-refractivity contribution in [3.63, 3.8) is 0 Å². The average molecular weight is 313 g/mol. The van der Waals surface area contributed by atoms with Crippen molar-refractivity contribution in [2.45, 2.75) is 25.1 Å². The monoisotopic (exact) mass is 313 g/mol. The van der Waals surface area contributed by atoms with Gasteiger partial charge < -0.3 is 10.6 Å². The Morgan fingerprint density at radius 2 is 2.00 bits per heavy atom. The molecular weight excluding hydrogens is 291 g/mol. The summed E-state index contributed by atoms with van der Waals surface area (Å²) in [4.78, 5) is 15.0. The molecule has 1 fully saturated rings. The van der Waals surface area contributed by atoms with Crippen LogP contribution in [0.3, 0.4) is 0 Å². The number of thioether (sulfide) groups is 1. The van der Waals surface area contributed by atoms with Crippen LogP contribution in [0.1, 0.15) is 12.8 Å². The van der Waals surface area contributed by atoms with Crippen molar-refractivity contribution in [3.05, 3.63) is 0 Å². The molecule has 0 spiro atoms. The summed E-state index contributed by atoms with van der Waals surface area (Å²) in [7, 11) is 0. The van der Waals surface area contributed by atoms with Gasteiger partial charge in [0.05, 0.1) is 12.6 Å². The molecule has 1 heterocycles. The molecule has 1 saturated heterocycles. The van der Waals surface area contributed by atoms with Crippen LogP contribution in [0.15, 0.2) is 0 Å². The third-order valence-electron chi connectivity index (χ3n) is 3.25. The molecule has 1 rings (SSSR count). The van der Waals surface area contributed by atoms with Gasteiger partial charge >= 0.3 is 6.18 Å². The third kappa shape index (κ3) is 6.32. The summed E-state index contributed by atoms with van der Waals surface area (Å²) in [5.74, 6) is 0.661. The van der Waals surface area contributed by atoms with Crippen molar-refractivity contribution in [1.29, 1.82) is 0 Å². The number of nitrogens with zero attached hydrogens (tertiary/aromatic N) is 2. The van der Waals surface area contributed by atoms with E-state index in [0.29, 0.717) is 32.5 Å². The predicted molar refractivity (Wildman–Crippen MR) is 74.7 cm³/mol. The van der Waals surface area contributed by atoms with Crippen LogP contribution < -0.4 is 5.73 Å². The first-order chi connectivity index (χ1) is 9.33. The van der Waals surface area contributed by atoms with E-state index in [0.717, 1.165) is 5.75 Å². The van der Waals surface area contributed by atoms with E-state index in [4.69, 9.17) is 5.73 Å². The second-order valence-corrected chi connectivity index (χ2v) is 5.94. The van der Waals surface area contributed by atoms with Gasteiger partial charge in [-0.1, -0.05) is 0 Å². The van der Waals surface area contributed by atoms with Crippen molar-refractivity contribution >= 4 is 17.7 Å². The molecule has 1 aliphatic rings. The van der Waals surface area contributed by atoms with Gasteiger partial charge in [-0.3, -0.25) is 9.69 Å². The van der Waals surface area contributed by atoms with E-state index in [1.807, 2.05) is 6.26 Å². The lowest BCUT2D eigenvalue weighted by Crippen LogP contribution is -2.45. The summed E-state index contributed by atoms with van der Waals surface area (Å²) in [6.07, 6.45) is -1.09. The van der Waals surface area contributed by atoms with Gasteiger partial charge in [0.15, 0.2) is 0 Å². The summed E-state index contributed by atoms with van der Waals surface area (Å²) in [6, 6.07) is -0.545. The summed E-state index contributed by atoms with van der Waals surface area (Å²) in [5.41, 5.74) is 5.82. The molecule has 20 heavy (non-hydrogen) atoms. The van der Waals surface area contributed by atoms with Crippen LogP contribution >= 0.6 is 11.8 Å². The molecule has 0 unspecified atom stereocenters. The highest BCUT2D eigenvalue weighted by Gasteiger charge is 2.32. The van der Waals surface area contributed by atoms with Crippen LogP contribution in [-0.4, -0.2) is 72.7 Å². The maximum Gasteiger partial charge on any atom is 0.401 e. The van der Waals surface area contributed by atoms with Crippen molar-refractivity contribution in [1.82, 2.24) is 9.80 Å². The maximum absolute atomic E-state index is 12.4. The molecule has 1 atom stereocenters. The molecule has 2 N–H and O–H groups in total. The zero-order valence-corrected chi connectivity index (χ0v) is 12.5. The first kappa shape index (κ1) is 17.6. The topological polar surface area (TPSA) is 49.6 Å². The van der Waals surface area contributed by atoms with Crippen LogP contribution in [0.25, 0.3) is 0 Å². The van der Waals surface area contributed by atoms with Crippen LogP contribution in [0, 0.1) is 0 Å². The predicted octanol–water partition coefficient (Wildman–Crippen LogP) is 1.16. The number of rotatable bonds is 5. The lowest BCUT2D eigenvalue weighted by atomic mass is 10.2. The van der Waals surface area contributed by atoms with E-state index in [2.05, 4.69) is 0 Å². The number of carbonyl (C=O) groups is 1. The van der Waals surface area contributed by atoms with Gasteiger partial charge in [-0.15, -0.1) is 0 Å². The second-order valence-electron chi connectivity index (χ2n) is 4.96. The smallest absolute Gasteiger partial charge is 0.340 e. The lowest BCUT2D eigenvalue weighted by Gasteiger charge is -2.25. The van der Waals surface area contributed by atoms with Gasteiger partial charge in [-0.2, -0.15) is 24.9 Å². The number of carbonyl (C=O) groups excluding carboxylic acids is 1. The highest BCUT2D eigenvalue weighted by atomic mass is 32.2. The zero-order chi connectivity index (χ0) is 15.2. The van der Waals surface area contributed by atoms with Crippen molar-refractivity contribution in [2.75, 3.05) is 44.7 Å². The fraction of sp³-hybridized carbons (Fsp3) is 0.917. The first-order valence-electron chi connectivity index (χ1n) is 6.66. The third-order valence-corrected chi connectivity index (χ3v) is 3.90. The quantitative estimate of drug-likeness (QED) is 0.828. The van der Waals surface area contributed by atoms with Gasteiger partial charge in [-0.05, 0) is 24.9 Å². The molecule has 0 aromatic rings. The van der Waals surface area contributed by atoms with Crippen LogP contribution in [0.4, 0.5) is 13.2 Å². The summed E-state index contributed by atoms with van der Waals surface area (Å²) >= 11 is 1.62. The fourth-order valence-corrected chi connectivity index (χ4v) is 2.70. The molecule has 0 radical (unpaired) electrons. The zero-order valence-electron chi connectivity index (χ0n) is 11.7. The van der Waals surface area contributed by atoms with Crippen molar-refractivity contribution in [2.24, 2.45) is 5.73 Å². The Hall–Kier alpha value is -0.470. The van der Waals surface area contributed by atoms with E-state index in [9.17, 15) is 18.0 Å². The Morgan fingerprint density at radius 3 is 2.60 bits per heavy atom. The normalized spacial score (nSPS) is 19.8. The number of amides is 1. The summed E-state index contributed by atoms with van der Waals surface area (Å²) < 4.78 is 37.1. The molecular formula is C12H22F3N3OS. The van der Waals surface area contributed by atoms with E-state index in [-0.39, 0.29) is 12.5 Å². The Kier molecular flexibility index (Phi) is 7.11. The van der Waals surface area contributed by atoms with Gasteiger partial charge in [0.25, 0.3) is 0 Å². The molecule has 0 aromatic carbocycles. The molecule has 0 aliphatic carbocycles. The number of hydrogen-bond acceptors (Lipinski definition) is 4. The van der Waals surface area contributed by atoms with Crippen molar-refractivity contribution in [3.8, 4) is 0 Å². The minimum atomic E-state index is -4.19. The van der Waals surface area contributed by atoms with Gasteiger partial charge in [0.2, 0.25) is 5.91 Å². The Balaban J connectivity index is 2.45.